The number of amides is 2. The van der Waals surface area contributed by atoms with E-state index < -0.39 is 28.5 Å². The van der Waals surface area contributed by atoms with Gasteiger partial charge in [0.25, 0.3) is 10.0 Å². The fraction of sp³-hybridized carbons (Fsp3) is 0.212. The second kappa shape index (κ2) is 15.1. The van der Waals surface area contributed by atoms with Crippen molar-refractivity contribution < 1.29 is 18.0 Å². The molecule has 230 valence electrons. The van der Waals surface area contributed by atoms with Crippen molar-refractivity contribution in [3.05, 3.63) is 128 Å². The van der Waals surface area contributed by atoms with Crippen LogP contribution in [-0.2, 0) is 32.6 Å². The smallest absolute Gasteiger partial charge is 0.264 e. The number of anilines is 1. The Labute approximate surface area is 277 Å². The average molecular weight is 718 g/mol. The lowest BCUT2D eigenvalue weighted by Crippen LogP contribution is -2.53. The van der Waals surface area contributed by atoms with Gasteiger partial charge in [-0.3, -0.25) is 13.9 Å². The zero-order valence-electron chi connectivity index (χ0n) is 24.2. The number of carbonyl (C=O) groups excluding carboxylic acids is 2. The van der Waals surface area contributed by atoms with Gasteiger partial charge in [0, 0.05) is 24.0 Å². The van der Waals surface area contributed by atoms with Crippen LogP contribution in [0.2, 0.25) is 10.0 Å². The Hall–Kier alpha value is -3.37. The summed E-state index contributed by atoms with van der Waals surface area (Å²) in [6.07, 6.45) is 0.217. The number of carbonyl (C=O) groups is 2. The highest BCUT2D eigenvalue weighted by Gasteiger charge is 2.35. The minimum atomic E-state index is -4.30. The second-order valence-electron chi connectivity index (χ2n) is 10.1. The molecule has 4 aromatic rings. The summed E-state index contributed by atoms with van der Waals surface area (Å²) in [6.45, 7) is 3.42. The number of likely N-dealkylation sites (N-methyl/N-ethyl adjacent to an activating group) is 1. The molecule has 0 radical (unpaired) electrons. The second-order valence-corrected chi connectivity index (χ2v) is 13.7. The summed E-state index contributed by atoms with van der Waals surface area (Å²) in [4.78, 5) is 29.4. The number of hydrogen-bond donors (Lipinski definition) is 1. The maximum Gasteiger partial charge on any atom is 0.264 e. The normalized spacial score (nSPS) is 11.9. The fourth-order valence-electron chi connectivity index (χ4n) is 4.71. The van der Waals surface area contributed by atoms with E-state index in [9.17, 15) is 18.0 Å². The van der Waals surface area contributed by atoms with Crippen molar-refractivity contribution in [3.63, 3.8) is 0 Å². The van der Waals surface area contributed by atoms with Crippen molar-refractivity contribution >= 4 is 66.7 Å². The maximum absolute atomic E-state index is 14.4. The summed E-state index contributed by atoms with van der Waals surface area (Å²) in [5, 5.41) is 2.97. The highest BCUT2D eigenvalue weighted by molar-refractivity contribution is 9.10. The number of rotatable bonds is 12. The van der Waals surface area contributed by atoms with E-state index in [-0.39, 0.29) is 39.5 Å². The van der Waals surface area contributed by atoms with Crippen molar-refractivity contribution in [2.75, 3.05) is 17.4 Å². The first kappa shape index (κ1) is 33.5. The van der Waals surface area contributed by atoms with Crippen molar-refractivity contribution in [3.8, 4) is 0 Å². The van der Waals surface area contributed by atoms with E-state index in [1.54, 1.807) is 25.1 Å². The van der Waals surface area contributed by atoms with Gasteiger partial charge in [0.05, 0.1) is 20.6 Å². The molecular formula is C33H32BrCl2N3O4S. The first-order valence-electron chi connectivity index (χ1n) is 13.9. The Morgan fingerprint density at radius 2 is 1.55 bits per heavy atom. The van der Waals surface area contributed by atoms with Crippen LogP contribution < -0.4 is 9.62 Å². The predicted molar refractivity (Wildman–Crippen MR) is 179 cm³/mol. The SMILES string of the molecule is CCNC(=O)[C@@H](Cc1ccccc1)N(Cc1cccc(Br)c1)C(=O)CN(c1cccc(Cl)c1Cl)S(=O)(=O)c1ccc(C)cc1. The Bertz CT molecular complexity index is 1720. The van der Waals surface area contributed by atoms with Crippen LogP contribution in [0.25, 0.3) is 0 Å². The highest BCUT2D eigenvalue weighted by Crippen LogP contribution is 2.35. The predicted octanol–water partition coefficient (Wildman–Crippen LogP) is 7.04. The van der Waals surface area contributed by atoms with Gasteiger partial charge >= 0.3 is 0 Å². The molecule has 4 aromatic carbocycles. The van der Waals surface area contributed by atoms with E-state index in [0.717, 1.165) is 25.5 Å². The van der Waals surface area contributed by atoms with Gasteiger partial charge in [-0.1, -0.05) is 105 Å². The van der Waals surface area contributed by atoms with Crippen molar-refractivity contribution in [2.45, 2.75) is 37.8 Å². The monoisotopic (exact) mass is 715 g/mol. The van der Waals surface area contributed by atoms with Crippen molar-refractivity contribution in [1.82, 2.24) is 10.2 Å². The summed E-state index contributed by atoms with van der Waals surface area (Å²) < 4.78 is 30.0. The quantitative estimate of drug-likeness (QED) is 0.171. The van der Waals surface area contributed by atoms with E-state index in [4.69, 9.17) is 23.2 Å². The summed E-state index contributed by atoms with van der Waals surface area (Å²) in [6, 6.07) is 26.7. The summed E-state index contributed by atoms with van der Waals surface area (Å²) >= 11 is 16.3. The number of nitrogens with one attached hydrogen (secondary N) is 1. The Balaban J connectivity index is 1.83. The molecule has 0 spiro atoms. The van der Waals surface area contributed by atoms with E-state index in [0.29, 0.717) is 6.54 Å². The highest BCUT2D eigenvalue weighted by atomic mass is 79.9. The molecule has 0 aliphatic rings. The molecule has 1 N–H and O–H groups in total. The van der Waals surface area contributed by atoms with E-state index in [1.807, 2.05) is 61.5 Å². The molecular weight excluding hydrogens is 685 g/mol. The van der Waals surface area contributed by atoms with Gasteiger partial charge in [-0.2, -0.15) is 0 Å². The van der Waals surface area contributed by atoms with E-state index >= 15 is 0 Å². The van der Waals surface area contributed by atoms with Crippen LogP contribution in [0, 0.1) is 6.92 Å². The first-order valence-corrected chi connectivity index (χ1v) is 16.9. The molecule has 0 saturated carbocycles. The van der Waals surface area contributed by atoms with Crippen LogP contribution >= 0.6 is 39.1 Å². The summed E-state index contributed by atoms with van der Waals surface area (Å²) in [5.41, 5.74) is 2.52. The number of sulfonamides is 1. The molecule has 0 fully saturated rings. The van der Waals surface area contributed by atoms with Crippen molar-refractivity contribution in [2.24, 2.45) is 0 Å². The fourth-order valence-corrected chi connectivity index (χ4v) is 7.03. The van der Waals surface area contributed by atoms with E-state index in [1.165, 1.54) is 29.2 Å². The number of nitrogens with zero attached hydrogens (tertiary/aromatic N) is 2. The van der Waals surface area contributed by atoms with Gasteiger partial charge < -0.3 is 10.2 Å². The third-order valence-electron chi connectivity index (χ3n) is 6.95. The lowest BCUT2D eigenvalue weighted by Gasteiger charge is -2.34. The molecule has 7 nitrogen and oxygen atoms in total. The zero-order chi connectivity index (χ0) is 31.9. The molecule has 0 saturated heterocycles. The Morgan fingerprint density at radius 3 is 2.20 bits per heavy atom. The maximum atomic E-state index is 14.4. The standard InChI is InChI=1S/C33H32BrCl2N3O4S/c1-3-37-33(41)30(20-24-9-5-4-6-10-24)38(21-25-11-7-12-26(34)19-25)31(40)22-39(29-14-8-13-28(35)32(29)36)44(42,43)27-17-15-23(2)16-18-27/h4-19,30H,3,20-22H2,1-2H3,(H,37,41)/t30-/m1/s1. The van der Waals surface area contributed by atoms with Crippen LogP contribution in [0.3, 0.4) is 0 Å². The van der Waals surface area contributed by atoms with Crippen LogP contribution in [0.15, 0.2) is 106 Å². The van der Waals surface area contributed by atoms with Gasteiger partial charge in [0.15, 0.2) is 0 Å². The first-order chi connectivity index (χ1) is 21.0. The lowest BCUT2D eigenvalue weighted by atomic mass is 10.0. The molecule has 0 aliphatic carbocycles. The molecule has 0 aliphatic heterocycles. The van der Waals surface area contributed by atoms with Gasteiger partial charge in [-0.25, -0.2) is 8.42 Å². The van der Waals surface area contributed by atoms with Gasteiger partial charge in [-0.15, -0.1) is 0 Å². The number of halogens is 3. The van der Waals surface area contributed by atoms with Gasteiger partial charge in [0.1, 0.15) is 12.6 Å². The van der Waals surface area contributed by atoms with Crippen LogP contribution in [0.5, 0.6) is 0 Å². The summed E-state index contributed by atoms with van der Waals surface area (Å²) in [7, 11) is -4.30. The molecule has 4 rings (SSSR count). The Kier molecular flexibility index (Phi) is 11.5. The van der Waals surface area contributed by atoms with Crippen molar-refractivity contribution in [1.29, 1.82) is 0 Å². The molecule has 0 heterocycles. The molecule has 0 unspecified atom stereocenters. The third kappa shape index (κ3) is 8.21. The lowest BCUT2D eigenvalue weighted by molar-refractivity contribution is -0.140. The van der Waals surface area contributed by atoms with E-state index in [2.05, 4.69) is 21.2 Å². The molecule has 2 amide bonds. The minimum Gasteiger partial charge on any atom is -0.355 e. The molecule has 1 atom stereocenters. The van der Waals surface area contributed by atoms with Gasteiger partial charge in [0.2, 0.25) is 11.8 Å². The van der Waals surface area contributed by atoms with Crippen LogP contribution in [0.4, 0.5) is 5.69 Å². The van der Waals surface area contributed by atoms with Crippen LogP contribution in [-0.4, -0.2) is 44.3 Å². The molecule has 0 bridgehead atoms. The Morgan fingerprint density at radius 1 is 0.886 bits per heavy atom. The van der Waals surface area contributed by atoms with Crippen LogP contribution in [0.1, 0.15) is 23.6 Å². The number of benzene rings is 4. The summed E-state index contributed by atoms with van der Waals surface area (Å²) in [5.74, 6) is -0.947. The zero-order valence-corrected chi connectivity index (χ0v) is 28.1. The number of aryl methyl sites for hydroxylation is 1. The topological polar surface area (TPSA) is 86.8 Å². The molecule has 11 heteroatoms. The average Bonchev–Trinajstić information content (AvgIpc) is 3.00. The van der Waals surface area contributed by atoms with Gasteiger partial charge in [-0.05, 0) is 61.4 Å². The molecule has 44 heavy (non-hydrogen) atoms. The molecule has 0 aromatic heterocycles. The largest absolute Gasteiger partial charge is 0.355 e. The number of hydrogen-bond acceptors (Lipinski definition) is 4. The third-order valence-corrected chi connectivity index (χ3v) is 10.0. The minimum absolute atomic E-state index is 0.0132.